The van der Waals surface area contributed by atoms with Crippen LogP contribution in [-0.4, -0.2) is 113 Å². The van der Waals surface area contributed by atoms with Crippen molar-refractivity contribution in [1.82, 2.24) is 55.8 Å². The second-order valence-electron chi connectivity index (χ2n) is 21.0. The molecule has 5 aromatic heterocycles. The molecule has 1 unspecified atom stereocenters. The number of H-pyrrole nitrogens is 2. The molecule has 0 aliphatic carbocycles. The zero-order valence-corrected chi connectivity index (χ0v) is 48.3. The molecule has 12 rings (SSSR count). The van der Waals surface area contributed by atoms with Crippen LogP contribution in [0.4, 0.5) is 11.6 Å². The number of carboxylic acids is 1. The van der Waals surface area contributed by atoms with Gasteiger partial charge in [0.1, 0.15) is 12.8 Å². The van der Waals surface area contributed by atoms with E-state index >= 15 is 0 Å². The van der Waals surface area contributed by atoms with Crippen molar-refractivity contribution in [1.29, 1.82) is 0 Å². The van der Waals surface area contributed by atoms with E-state index in [4.69, 9.17) is 25.2 Å². The Hall–Kier alpha value is -11.7. The Kier molecular flexibility index (Phi) is 17.6. The van der Waals surface area contributed by atoms with Crippen molar-refractivity contribution in [2.75, 3.05) is 44.1 Å². The molecular formula is C69H59N13O8. The van der Waals surface area contributed by atoms with Gasteiger partial charge in [-0.15, -0.1) is 0 Å². The van der Waals surface area contributed by atoms with Crippen LogP contribution in [0.15, 0.2) is 170 Å². The second-order valence-corrected chi connectivity index (χ2v) is 21.0. The number of hydrogen-bond acceptors (Lipinski definition) is 15. The standard InChI is InChI=1S/C69H59N13O8/c70-69-81-64-63(67(86)82-69)75-48(39-73-64)38-72-47-22-20-46(21-23-47)66(85)80-57(68(87)88)32-33-58(83)74-40-90-37-36-89-35-34-71-65(84)45-18-16-44(17-19-45)62-55-30-28-53(78-55)60(42-12-6-2-7-13-42)51-26-24-49(76-51)59(41-10-4-1-5-11-41)50-25-27-52(77-50)61(43-14-8-3-9-15-43)54-29-31-56(62)79-54/h1-31,39,57,72,76,79H,32-38,40H2,(H,71,84)(H,74,83)(H,80,85)(H,87,88)(H3,70,73,81,82,86). The number of aromatic hydroxyl groups is 1. The van der Waals surface area contributed by atoms with Crippen LogP contribution in [0.1, 0.15) is 62.0 Å². The number of aromatic amines is 2. The molecule has 3 amide bonds. The molecule has 2 aliphatic heterocycles. The third kappa shape index (κ3) is 13.5. The molecule has 448 valence electrons. The number of nitrogens with two attached hydrogens (primary N) is 1. The number of benzene rings is 5. The summed E-state index contributed by atoms with van der Waals surface area (Å²) < 4.78 is 11.2. The van der Waals surface area contributed by atoms with Crippen molar-refractivity contribution in [3.05, 3.63) is 210 Å². The van der Waals surface area contributed by atoms with Crippen molar-refractivity contribution >= 4 is 92.9 Å². The quantitative estimate of drug-likeness (QED) is 0.0225. The zero-order valence-electron chi connectivity index (χ0n) is 48.3. The average molecular weight is 1200 g/mol. The number of ether oxygens (including phenoxy) is 2. The van der Waals surface area contributed by atoms with E-state index in [-0.39, 0.29) is 86.9 Å². The molecule has 21 nitrogen and oxygen atoms in total. The summed E-state index contributed by atoms with van der Waals surface area (Å²) in [5.74, 6) is -3.20. The van der Waals surface area contributed by atoms with Gasteiger partial charge >= 0.3 is 5.97 Å². The SMILES string of the molecule is Nc1nc(O)c2nc(CNc3ccc(C(=O)NC(CCC(=O)NCOCCOCCNC(=O)c4ccc(-c5c6nc(c(-c7ccccc7)c7ccc([nH]7)c(-c7ccccc7)c7nc(c(-c8ccccc8)c8ccc5[nH]8)C=C7)C=C6)cc4)C(=O)O)cc3)cnc2n1. The van der Waals surface area contributed by atoms with Gasteiger partial charge in [0.2, 0.25) is 17.7 Å². The number of rotatable bonds is 22. The maximum Gasteiger partial charge on any atom is 0.326 e. The van der Waals surface area contributed by atoms with E-state index in [0.29, 0.717) is 16.9 Å². The fourth-order valence-electron chi connectivity index (χ4n) is 10.6. The van der Waals surface area contributed by atoms with Gasteiger partial charge < -0.3 is 56.7 Å². The van der Waals surface area contributed by atoms with Gasteiger partial charge in [0, 0.05) is 74.1 Å². The van der Waals surface area contributed by atoms with Gasteiger partial charge in [0.25, 0.3) is 11.8 Å². The molecule has 90 heavy (non-hydrogen) atoms. The lowest BCUT2D eigenvalue weighted by Crippen LogP contribution is -2.41. The minimum Gasteiger partial charge on any atom is -0.492 e. The summed E-state index contributed by atoms with van der Waals surface area (Å²) in [4.78, 5) is 85.6. The van der Waals surface area contributed by atoms with Crippen LogP contribution in [0.25, 0.3) is 102 Å². The third-order valence-corrected chi connectivity index (χ3v) is 15.0. The van der Waals surface area contributed by atoms with Crippen molar-refractivity contribution < 1.29 is 38.9 Å². The first-order valence-corrected chi connectivity index (χ1v) is 29.0. The number of nitrogens with zero attached hydrogens (tertiary/aromatic N) is 6. The van der Waals surface area contributed by atoms with Crippen LogP contribution in [-0.2, 0) is 25.6 Å². The number of carbonyl (C=O) groups is 4. The van der Waals surface area contributed by atoms with E-state index in [1.54, 1.807) is 24.3 Å². The van der Waals surface area contributed by atoms with E-state index in [9.17, 15) is 29.4 Å². The molecule has 7 heterocycles. The summed E-state index contributed by atoms with van der Waals surface area (Å²) in [6.45, 7) is 0.801. The summed E-state index contributed by atoms with van der Waals surface area (Å²) in [5, 5.41) is 31.0. The van der Waals surface area contributed by atoms with Crippen molar-refractivity contribution in [2.24, 2.45) is 0 Å². The van der Waals surface area contributed by atoms with Crippen LogP contribution >= 0.6 is 0 Å². The molecule has 21 heteroatoms. The fourth-order valence-corrected chi connectivity index (χ4v) is 10.6. The minimum absolute atomic E-state index is 0.0978. The highest BCUT2D eigenvalue weighted by Gasteiger charge is 2.23. The molecular weight excluding hydrogens is 1140 g/mol. The largest absolute Gasteiger partial charge is 0.492 e. The van der Waals surface area contributed by atoms with Crippen LogP contribution in [0.3, 0.4) is 0 Å². The molecule has 1 atom stereocenters. The third-order valence-electron chi connectivity index (χ3n) is 15.0. The van der Waals surface area contributed by atoms with Crippen molar-refractivity contribution in [3.8, 4) is 50.4 Å². The summed E-state index contributed by atoms with van der Waals surface area (Å²) in [7, 11) is 0. The first-order valence-electron chi connectivity index (χ1n) is 29.0. The van der Waals surface area contributed by atoms with Gasteiger partial charge in [-0.1, -0.05) is 103 Å². The lowest BCUT2D eigenvalue weighted by Gasteiger charge is -2.15. The molecule has 5 aromatic carbocycles. The fraction of sp³-hybridized carbons (Fsp3) is 0.130. The summed E-state index contributed by atoms with van der Waals surface area (Å²) >= 11 is 0. The molecule has 0 saturated carbocycles. The molecule has 10 N–H and O–H groups in total. The number of carbonyl (C=O) groups excluding carboxylic acids is 3. The number of aromatic nitrogens is 8. The number of amides is 3. The highest BCUT2D eigenvalue weighted by Crippen LogP contribution is 2.38. The van der Waals surface area contributed by atoms with Gasteiger partial charge in [-0.3, -0.25) is 14.4 Å². The first-order chi connectivity index (χ1) is 44.0. The Balaban J connectivity index is 0.652. The number of anilines is 2. The van der Waals surface area contributed by atoms with Gasteiger partial charge in [-0.25, -0.2) is 24.7 Å². The predicted octanol–water partition coefficient (Wildman–Crippen LogP) is 10.5. The van der Waals surface area contributed by atoms with E-state index < -0.39 is 23.8 Å². The van der Waals surface area contributed by atoms with Crippen LogP contribution in [0.2, 0.25) is 0 Å². The summed E-state index contributed by atoms with van der Waals surface area (Å²) in [5.41, 5.74) is 21.8. The monoisotopic (exact) mass is 1200 g/mol. The topological polar surface area (TPSA) is 310 Å². The number of nitrogens with one attached hydrogen (secondary N) is 6. The highest BCUT2D eigenvalue weighted by molar-refractivity contribution is 6.01. The van der Waals surface area contributed by atoms with Gasteiger partial charge in [-0.05, 0) is 114 Å². The summed E-state index contributed by atoms with van der Waals surface area (Å²) in [6.07, 6.45) is 9.36. The smallest absolute Gasteiger partial charge is 0.326 e. The maximum atomic E-state index is 13.5. The van der Waals surface area contributed by atoms with Gasteiger partial charge in [0.05, 0.1) is 61.0 Å². The van der Waals surface area contributed by atoms with Crippen molar-refractivity contribution in [2.45, 2.75) is 25.4 Å². The molecule has 0 spiro atoms. The number of carboxylic acid groups (broad SMARTS) is 1. The molecule has 8 bridgehead atoms. The lowest BCUT2D eigenvalue weighted by atomic mass is 10.0. The van der Waals surface area contributed by atoms with Crippen LogP contribution in [0, 0.1) is 0 Å². The molecule has 0 saturated heterocycles. The Morgan fingerprint density at radius 2 is 1.02 bits per heavy atom. The molecule has 0 fully saturated rings. The number of nitrogen functional groups attached to an aromatic ring is 1. The van der Waals surface area contributed by atoms with Gasteiger partial charge in [-0.2, -0.15) is 9.97 Å². The lowest BCUT2D eigenvalue weighted by molar-refractivity contribution is -0.139. The summed E-state index contributed by atoms with van der Waals surface area (Å²) in [6, 6.07) is 51.5. The zero-order chi connectivity index (χ0) is 61.9. The Morgan fingerprint density at radius 1 is 0.533 bits per heavy atom. The molecule has 2 aliphatic rings. The number of fused-ring (bicyclic) bond motifs is 9. The Bertz CT molecular complexity index is 4520. The second kappa shape index (κ2) is 26.9. The van der Waals surface area contributed by atoms with E-state index in [1.807, 2.05) is 72.8 Å². The van der Waals surface area contributed by atoms with E-state index in [2.05, 4.69) is 130 Å². The average Bonchev–Trinajstić information content (AvgIpc) is 1.78. The van der Waals surface area contributed by atoms with Gasteiger partial charge in [0.15, 0.2) is 11.2 Å². The highest BCUT2D eigenvalue weighted by atomic mass is 16.5. The number of aliphatic carboxylic acids is 1. The molecule has 0 radical (unpaired) electrons. The van der Waals surface area contributed by atoms with Crippen molar-refractivity contribution in [3.63, 3.8) is 0 Å². The molecule has 10 aromatic rings. The predicted molar refractivity (Wildman–Crippen MR) is 346 cm³/mol. The van der Waals surface area contributed by atoms with E-state index in [1.165, 1.54) is 18.3 Å². The normalized spacial score (nSPS) is 12.0. The number of hydrogen-bond donors (Lipinski definition) is 9. The first kappa shape index (κ1) is 58.7. The van der Waals surface area contributed by atoms with Crippen LogP contribution < -0.4 is 27.0 Å². The Morgan fingerprint density at radius 3 is 1.54 bits per heavy atom. The maximum absolute atomic E-state index is 13.5. The Labute approximate surface area is 514 Å². The van der Waals surface area contributed by atoms with E-state index in [0.717, 1.165) is 89.4 Å². The van der Waals surface area contributed by atoms with Crippen LogP contribution in [0.5, 0.6) is 5.88 Å². The minimum atomic E-state index is -1.33.